The van der Waals surface area contributed by atoms with Crippen LogP contribution in [-0.2, 0) is 16.2 Å². The molecule has 0 saturated carbocycles. The Kier molecular flexibility index (Phi) is 7.20. The molecule has 0 bridgehead atoms. The number of hydrogen-bond donors (Lipinski definition) is 2. The molecule has 0 radical (unpaired) electrons. The first kappa shape index (κ1) is 23.0. The molecule has 34 heavy (non-hydrogen) atoms. The van der Waals surface area contributed by atoms with Crippen LogP contribution in [0.1, 0.15) is 18.1 Å². The van der Waals surface area contributed by atoms with Crippen molar-refractivity contribution < 1.29 is 14.3 Å². The van der Waals surface area contributed by atoms with Crippen molar-refractivity contribution in [1.82, 2.24) is 5.43 Å². The Balaban J connectivity index is 1.33. The van der Waals surface area contributed by atoms with Crippen LogP contribution in [0.3, 0.4) is 0 Å². The summed E-state index contributed by atoms with van der Waals surface area (Å²) >= 11 is 5.81. The molecular weight excluding hydrogens is 450 g/mol. The summed E-state index contributed by atoms with van der Waals surface area (Å²) in [6, 6.07) is 28.2. The molecule has 0 saturated heterocycles. The zero-order valence-electron chi connectivity index (χ0n) is 18.4. The minimum Gasteiger partial charge on any atom is -0.489 e. The second-order valence-corrected chi connectivity index (χ2v) is 7.99. The molecule has 0 aliphatic rings. The van der Waals surface area contributed by atoms with Gasteiger partial charge in [0.25, 0.3) is 0 Å². The predicted octanol–water partition coefficient (Wildman–Crippen LogP) is 5.55. The monoisotopic (exact) mass is 471 g/mol. The van der Waals surface area contributed by atoms with Gasteiger partial charge in [0.05, 0.1) is 5.71 Å². The van der Waals surface area contributed by atoms with Crippen LogP contribution >= 0.6 is 11.6 Å². The predicted molar refractivity (Wildman–Crippen MR) is 135 cm³/mol. The molecule has 0 spiro atoms. The number of anilines is 1. The van der Waals surface area contributed by atoms with Crippen molar-refractivity contribution in [3.8, 4) is 5.75 Å². The second-order valence-electron chi connectivity index (χ2n) is 7.55. The number of carbonyl (C=O) groups excluding carboxylic acids is 2. The summed E-state index contributed by atoms with van der Waals surface area (Å²) in [6.45, 7) is 2.19. The van der Waals surface area contributed by atoms with Gasteiger partial charge >= 0.3 is 11.8 Å². The first-order chi connectivity index (χ1) is 16.5. The molecule has 4 aromatic rings. The molecule has 0 aromatic heterocycles. The first-order valence-electron chi connectivity index (χ1n) is 10.6. The van der Waals surface area contributed by atoms with E-state index in [-0.39, 0.29) is 0 Å². The lowest BCUT2D eigenvalue weighted by Gasteiger charge is -2.10. The van der Waals surface area contributed by atoms with Crippen molar-refractivity contribution in [2.45, 2.75) is 13.5 Å². The maximum absolute atomic E-state index is 12.0. The smallest absolute Gasteiger partial charge is 0.329 e. The van der Waals surface area contributed by atoms with Crippen molar-refractivity contribution in [2.75, 3.05) is 5.32 Å². The van der Waals surface area contributed by atoms with Crippen molar-refractivity contribution in [3.63, 3.8) is 0 Å². The number of benzene rings is 4. The maximum Gasteiger partial charge on any atom is 0.329 e. The van der Waals surface area contributed by atoms with Gasteiger partial charge in [0.1, 0.15) is 12.4 Å². The average Bonchev–Trinajstić information content (AvgIpc) is 2.87. The van der Waals surface area contributed by atoms with Gasteiger partial charge in [-0.2, -0.15) is 5.10 Å². The van der Waals surface area contributed by atoms with Crippen molar-refractivity contribution >= 4 is 45.6 Å². The van der Waals surface area contributed by atoms with E-state index >= 15 is 0 Å². The summed E-state index contributed by atoms with van der Waals surface area (Å²) in [7, 11) is 0. The van der Waals surface area contributed by atoms with E-state index in [2.05, 4.69) is 40.1 Å². The molecule has 0 fully saturated rings. The summed E-state index contributed by atoms with van der Waals surface area (Å²) in [5, 5.41) is 9.38. The largest absolute Gasteiger partial charge is 0.489 e. The molecule has 0 unspecified atom stereocenters. The average molecular weight is 472 g/mol. The minimum atomic E-state index is -0.871. The highest BCUT2D eigenvalue weighted by atomic mass is 35.5. The molecule has 7 heteroatoms. The Bertz CT molecular complexity index is 1340. The van der Waals surface area contributed by atoms with Crippen molar-refractivity contribution in [2.24, 2.45) is 5.10 Å². The van der Waals surface area contributed by atoms with Crippen LogP contribution in [-0.4, -0.2) is 17.5 Å². The van der Waals surface area contributed by atoms with E-state index in [1.807, 2.05) is 42.5 Å². The van der Waals surface area contributed by atoms with Gasteiger partial charge in [-0.1, -0.05) is 54.1 Å². The summed E-state index contributed by atoms with van der Waals surface area (Å²) in [4.78, 5) is 24.1. The normalized spacial score (nSPS) is 11.2. The molecule has 2 amide bonds. The fourth-order valence-electron chi connectivity index (χ4n) is 3.34. The first-order valence-corrected chi connectivity index (χ1v) is 11.0. The number of halogens is 1. The lowest BCUT2D eigenvalue weighted by atomic mass is 10.1. The van der Waals surface area contributed by atoms with E-state index in [4.69, 9.17) is 16.3 Å². The standard InChI is InChI=1S/C27H22ClN3O3/c1-18(30-31-27(33)26(32)29-23-13-11-22(28)12-14-23)19-9-15-24(16-10-19)34-17-21-7-4-6-20-5-2-3-8-25(20)21/h2-16H,17H2,1H3,(H,29,32)(H,31,33)/b30-18+. The van der Waals surface area contributed by atoms with E-state index in [0.29, 0.717) is 23.0 Å². The number of rotatable bonds is 6. The van der Waals surface area contributed by atoms with E-state index < -0.39 is 11.8 Å². The lowest BCUT2D eigenvalue weighted by Crippen LogP contribution is -2.32. The Hall–Kier alpha value is -4.16. The fraction of sp³-hybridized carbons (Fsp3) is 0.0741. The third kappa shape index (κ3) is 5.79. The van der Waals surface area contributed by atoms with Crippen LogP contribution in [0, 0.1) is 0 Å². The third-order valence-corrected chi connectivity index (χ3v) is 5.43. The number of fused-ring (bicyclic) bond motifs is 1. The van der Waals surface area contributed by atoms with Crippen LogP contribution in [0.4, 0.5) is 5.69 Å². The van der Waals surface area contributed by atoms with Gasteiger partial charge in [-0.3, -0.25) is 9.59 Å². The van der Waals surface area contributed by atoms with Gasteiger partial charge in [0.2, 0.25) is 0 Å². The van der Waals surface area contributed by atoms with Gasteiger partial charge in [0.15, 0.2) is 0 Å². The van der Waals surface area contributed by atoms with Crippen molar-refractivity contribution in [3.05, 3.63) is 107 Å². The highest BCUT2D eigenvalue weighted by Gasteiger charge is 2.13. The van der Waals surface area contributed by atoms with Gasteiger partial charge in [0, 0.05) is 10.7 Å². The van der Waals surface area contributed by atoms with Gasteiger partial charge in [-0.25, -0.2) is 5.43 Å². The molecular formula is C27H22ClN3O3. The quantitative estimate of drug-likeness (QED) is 0.220. The van der Waals surface area contributed by atoms with Crippen LogP contribution in [0.2, 0.25) is 5.02 Å². The number of amides is 2. The summed E-state index contributed by atoms with van der Waals surface area (Å²) in [6.07, 6.45) is 0. The SMILES string of the molecule is C/C(=N\NC(=O)C(=O)Nc1ccc(Cl)cc1)c1ccc(OCc2cccc3ccccc23)cc1. The van der Waals surface area contributed by atoms with Gasteiger partial charge in [-0.05, 0) is 77.4 Å². The number of hydrazone groups is 1. The van der Waals surface area contributed by atoms with Crippen LogP contribution in [0.5, 0.6) is 5.75 Å². The van der Waals surface area contributed by atoms with Crippen LogP contribution in [0.15, 0.2) is 96.1 Å². The second kappa shape index (κ2) is 10.6. The molecule has 0 aliphatic heterocycles. The molecule has 4 aromatic carbocycles. The molecule has 170 valence electrons. The number of hydrogen-bond acceptors (Lipinski definition) is 4. The molecule has 0 aliphatic carbocycles. The highest BCUT2D eigenvalue weighted by molar-refractivity contribution is 6.39. The number of carbonyl (C=O) groups is 2. The van der Waals surface area contributed by atoms with E-state index in [1.54, 1.807) is 31.2 Å². The van der Waals surface area contributed by atoms with Gasteiger partial charge in [-0.15, -0.1) is 0 Å². The lowest BCUT2D eigenvalue weighted by molar-refractivity contribution is -0.136. The number of ether oxygens (including phenoxy) is 1. The molecule has 6 nitrogen and oxygen atoms in total. The Labute approximate surface area is 202 Å². The van der Waals surface area contributed by atoms with Crippen LogP contribution in [0.25, 0.3) is 10.8 Å². The maximum atomic E-state index is 12.0. The third-order valence-electron chi connectivity index (χ3n) is 5.18. The minimum absolute atomic E-state index is 0.451. The van der Waals surface area contributed by atoms with E-state index in [0.717, 1.165) is 16.9 Å². The number of nitrogens with one attached hydrogen (secondary N) is 2. The summed E-state index contributed by atoms with van der Waals surface area (Å²) < 4.78 is 5.96. The topological polar surface area (TPSA) is 79.8 Å². The summed E-state index contributed by atoms with van der Waals surface area (Å²) in [5.41, 5.74) is 5.18. The molecule has 2 N–H and O–H groups in total. The molecule has 0 heterocycles. The van der Waals surface area contributed by atoms with E-state index in [9.17, 15) is 9.59 Å². The summed E-state index contributed by atoms with van der Waals surface area (Å²) in [5.74, 6) is -0.976. The van der Waals surface area contributed by atoms with Gasteiger partial charge < -0.3 is 10.1 Å². The van der Waals surface area contributed by atoms with Crippen LogP contribution < -0.4 is 15.5 Å². The Morgan fingerprint density at radius 1 is 0.853 bits per heavy atom. The number of nitrogens with zero attached hydrogens (tertiary/aromatic N) is 1. The molecule has 0 atom stereocenters. The van der Waals surface area contributed by atoms with Crippen molar-refractivity contribution in [1.29, 1.82) is 0 Å². The zero-order valence-corrected chi connectivity index (χ0v) is 19.2. The zero-order chi connectivity index (χ0) is 23.9. The Morgan fingerprint density at radius 2 is 1.56 bits per heavy atom. The Morgan fingerprint density at radius 3 is 2.32 bits per heavy atom. The molecule has 4 rings (SSSR count). The van der Waals surface area contributed by atoms with E-state index in [1.165, 1.54) is 10.8 Å². The fourth-order valence-corrected chi connectivity index (χ4v) is 3.47. The highest BCUT2D eigenvalue weighted by Crippen LogP contribution is 2.21.